The van der Waals surface area contributed by atoms with Crippen molar-refractivity contribution >= 4 is 10.8 Å². The van der Waals surface area contributed by atoms with Gasteiger partial charge in [0.2, 0.25) is 0 Å². The van der Waals surface area contributed by atoms with Gasteiger partial charge < -0.3 is 14.8 Å². The lowest BCUT2D eigenvalue weighted by Crippen LogP contribution is -2.41. The van der Waals surface area contributed by atoms with Crippen molar-refractivity contribution in [2.75, 3.05) is 26.4 Å². The van der Waals surface area contributed by atoms with Crippen LogP contribution < -0.4 is 10.1 Å². The third-order valence-electron chi connectivity index (χ3n) is 3.45. The Bertz CT molecular complexity index is 535. The molecule has 2 aromatic carbocycles. The molecule has 0 radical (unpaired) electrons. The largest absolute Gasteiger partial charge is 0.494 e. The molecule has 0 amide bonds. The zero-order valence-electron chi connectivity index (χ0n) is 11.0. The summed E-state index contributed by atoms with van der Waals surface area (Å²) < 4.78 is 11.2. The van der Waals surface area contributed by atoms with Crippen LogP contribution in [0, 0.1) is 0 Å². The molecule has 1 N–H and O–H groups in total. The fraction of sp³-hybridized carbons (Fsp3) is 0.375. The second kappa shape index (κ2) is 6.04. The molecule has 1 atom stereocenters. The topological polar surface area (TPSA) is 30.5 Å². The number of nitrogens with one attached hydrogen (secondary N) is 1. The maximum atomic E-state index is 5.82. The smallest absolute Gasteiger partial charge is 0.119 e. The first-order valence-corrected chi connectivity index (χ1v) is 6.84. The number of fused-ring (bicyclic) bond motifs is 1. The predicted octanol–water partition coefficient (Wildman–Crippen LogP) is 2.60. The summed E-state index contributed by atoms with van der Waals surface area (Å²) >= 11 is 0. The van der Waals surface area contributed by atoms with E-state index in [0.29, 0.717) is 6.04 Å². The Kier molecular flexibility index (Phi) is 3.96. The first-order valence-electron chi connectivity index (χ1n) is 6.84. The highest BCUT2D eigenvalue weighted by Crippen LogP contribution is 2.20. The molecular weight excluding hydrogens is 238 g/mol. The maximum Gasteiger partial charge on any atom is 0.119 e. The van der Waals surface area contributed by atoms with E-state index in [0.717, 1.165) is 38.5 Å². The van der Waals surface area contributed by atoms with E-state index in [4.69, 9.17) is 9.47 Å². The molecule has 0 aliphatic carbocycles. The molecule has 100 valence electrons. The standard InChI is InChI=1S/C16H19NO2/c1-2-4-14-11-16(6-5-13(14)3-1)19-9-7-15-12-18-10-8-17-15/h1-6,11,15,17H,7-10,12H2. The van der Waals surface area contributed by atoms with Gasteiger partial charge in [0.25, 0.3) is 0 Å². The van der Waals surface area contributed by atoms with Crippen LogP contribution >= 0.6 is 0 Å². The molecule has 0 aromatic heterocycles. The zero-order valence-corrected chi connectivity index (χ0v) is 11.0. The number of rotatable bonds is 4. The Morgan fingerprint density at radius 2 is 2.05 bits per heavy atom. The Balaban J connectivity index is 1.56. The number of hydrogen-bond acceptors (Lipinski definition) is 3. The van der Waals surface area contributed by atoms with Gasteiger partial charge in [0.1, 0.15) is 5.75 Å². The van der Waals surface area contributed by atoms with Gasteiger partial charge in [-0.15, -0.1) is 0 Å². The molecular formula is C16H19NO2. The number of ether oxygens (including phenoxy) is 2. The number of morpholine rings is 1. The second-order valence-corrected chi connectivity index (χ2v) is 4.87. The molecule has 1 aliphatic heterocycles. The highest BCUT2D eigenvalue weighted by atomic mass is 16.5. The lowest BCUT2D eigenvalue weighted by molar-refractivity contribution is 0.0691. The van der Waals surface area contributed by atoms with Crippen molar-refractivity contribution in [2.24, 2.45) is 0 Å². The Labute approximate surface area is 113 Å². The van der Waals surface area contributed by atoms with Gasteiger partial charge in [0.05, 0.1) is 19.8 Å². The molecule has 0 spiro atoms. The van der Waals surface area contributed by atoms with Crippen LogP contribution in [0.4, 0.5) is 0 Å². The van der Waals surface area contributed by atoms with E-state index in [-0.39, 0.29) is 0 Å². The molecule has 3 nitrogen and oxygen atoms in total. The molecule has 19 heavy (non-hydrogen) atoms. The molecule has 3 heteroatoms. The molecule has 0 saturated carbocycles. The van der Waals surface area contributed by atoms with E-state index in [9.17, 15) is 0 Å². The molecule has 1 aliphatic rings. The van der Waals surface area contributed by atoms with Crippen LogP contribution in [0.5, 0.6) is 5.75 Å². The van der Waals surface area contributed by atoms with Crippen LogP contribution in [0.2, 0.25) is 0 Å². The third-order valence-corrected chi connectivity index (χ3v) is 3.45. The first kappa shape index (κ1) is 12.5. The van der Waals surface area contributed by atoms with E-state index in [1.165, 1.54) is 10.8 Å². The lowest BCUT2D eigenvalue weighted by atomic mass is 10.1. The molecule has 1 heterocycles. The summed E-state index contributed by atoms with van der Waals surface area (Å²) in [5.41, 5.74) is 0. The summed E-state index contributed by atoms with van der Waals surface area (Å²) in [5.74, 6) is 0.940. The van der Waals surface area contributed by atoms with E-state index in [2.05, 4.69) is 41.7 Å². The van der Waals surface area contributed by atoms with Crippen molar-refractivity contribution in [3.05, 3.63) is 42.5 Å². The minimum Gasteiger partial charge on any atom is -0.494 e. The second-order valence-electron chi connectivity index (χ2n) is 4.87. The molecule has 2 aromatic rings. The third kappa shape index (κ3) is 3.25. The fourth-order valence-electron chi connectivity index (χ4n) is 2.38. The average Bonchev–Trinajstić information content (AvgIpc) is 2.48. The van der Waals surface area contributed by atoms with Crippen LogP contribution in [0.25, 0.3) is 10.8 Å². The van der Waals surface area contributed by atoms with E-state index < -0.39 is 0 Å². The summed E-state index contributed by atoms with van der Waals surface area (Å²) in [4.78, 5) is 0. The van der Waals surface area contributed by atoms with Gasteiger partial charge in [-0.3, -0.25) is 0 Å². The number of hydrogen-bond donors (Lipinski definition) is 1. The van der Waals surface area contributed by atoms with Crippen LogP contribution in [0.3, 0.4) is 0 Å². The molecule has 0 bridgehead atoms. The van der Waals surface area contributed by atoms with Crippen molar-refractivity contribution < 1.29 is 9.47 Å². The minimum absolute atomic E-state index is 0.425. The maximum absolute atomic E-state index is 5.82. The Hall–Kier alpha value is -1.58. The van der Waals surface area contributed by atoms with Crippen LogP contribution in [-0.2, 0) is 4.74 Å². The van der Waals surface area contributed by atoms with E-state index in [1.807, 2.05) is 6.07 Å². The summed E-state index contributed by atoms with van der Waals surface area (Å²) in [6.45, 7) is 3.28. The summed E-state index contributed by atoms with van der Waals surface area (Å²) in [7, 11) is 0. The number of benzene rings is 2. The van der Waals surface area contributed by atoms with Crippen molar-refractivity contribution in [1.82, 2.24) is 5.32 Å². The van der Waals surface area contributed by atoms with Gasteiger partial charge >= 0.3 is 0 Å². The van der Waals surface area contributed by atoms with Crippen LogP contribution in [0.1, 0.15) is 6.42 Å². The SMILES string of the molecule is c1ccc2cc(OCCC3COCCN3)ccc2c1. The summed E-state index contributed by atoms with van der Waals surface area (Å²) in [6, 6.07) is 15.0. The van der Waals surface area contributed by atoms with Gasteiger partial charge in [-0.2, -0.15) is 0 Å². The van der Waals surface area contributed by atoms with Crippen molar-refractivity contribution in [2.45, 2.75) is 12.5 Å². The van der Waals surface area contributed by atoms with Gasteiger partial charge in [0.15, 0.2) is 0 Å². The lowest BCUT2D eigenvalue weighted by Gasteiger charge is -2.23. The van der Waals surface area contributed by atoms with Crippen molar-refractivity contribution in [3.63, 3.8) is 0 Å². The first-order chi connectivity index (χ1) is 9.42. The molecule has 3 rings (SSSR count). The summed E-state index contributed by atoms with van der Waals surface area (Å²) in [5, 5.41) is 5.90. The fourth-order valence-corrected chi connectivity index (χ4v) is 2.38. The Morgan fingerprint density at radius 3 is 2.89 bits per heavy atom. The predicted molar refractivity (Wildman–Crippen MR) is 76.7 cm³/mol. The molecule has 1 saturated heterocycles. The van der Waals surface area contributed by atoms with Gasteiger partial charge in [-0.25, -0.2) is 0 Å². The van der Waals surface area contributed by atoms with E-state index in [1.54, 1.807) is 0 Å². The summed E-state index contributed by atoms with van der Waals surface area (Å²) in [6.07, 6.45) is 0.979. The van der Waals surface area contributed by atoms with Gasteiger partial charge in [0, 0.05) is 12.6 Å². The zero-order chi connectivity index (χ0) is 12.9. The van der Waals surface area contributed by atoms with E-state index >= 15 is 0 Å². The highest BCUT2D eigenvalue weighted by molar-refractivity contribution is 5.83. The quantitative estimate of drug-likeness (QED) is 0.913. The minimum atomic E-state index is 0.425. The van der Waals surface area contributed by atoms with Crippen molar-refractivity contribution in [3.8, 4) is 5.75 Å². The monoisotopic (exact) mass is 257 g/mol. The van der Waals surface area contributed by atoms with Crippen molar-refractivity contribution in [1.29, 1.82) is 0 Å². The van der Waals surface area contributed by atoms with Gasteiger partial charge in [-0.1, -0.05) is 30.3 Å². The normalized spacial score (nSPS) is 19.5. The molecule has 1 unspecified atom stereocenters. The van der Waals surface area contributed by atoms with Crippen LogP contribution in [-0.4, -0.2) is 32.4 Å². The highest BCUT2D eigenvalue weighted by Gasteiger charge is 2.12. The average molecular weight is 257 g/mol. The van der Waals surface area contributed by atoms with Crippen LogP contribution in [0.15, 0.2) is 42.5 Å². The Morgan fingerprint density at radius 1 is 1.16 bits per heavy atom. The van der Waals surface area contributed by atoms with Gasteiger partial charge in [-0.05, 0) is 29.3 Å². The molecule has 1 fully saturated rings.